The van der Waals surface area contributed by atoms with Crippen molar-refractivity contribution in [2.45, 2.75) is 45.1 Å². The van der Waals surface area contributed by atoms with E-state index in [-0.39, 0.29) is 11.2 Å². The molecular formula is C17H24FNO. The van der Waals surface area contributed by atoms with Crippen molar-refractivity contribution in [1.82, 2.24) is 4.90 Å². The summed E-state index contributed by atoms with van der Waals surface area (Å²) in [7, 11) is 1.97. The highest BCUT2D eigenvalue weighted by Crippen LogP contribution is 2.34. The van der Waals surface area contributed by atoms with E-state index in [4.69, 9.17) is 0 Å². The van der Waals surface area contributed by atoms with Crippen molar-refractivity contribution in [2.75, 3.05) is 13.6 Å². The molecule has 1 aromatic carbocycles. The van der Waals surface area contributed by atoms with Crippen LogP contribution in [0.1, 0.15) is 44.1 Å². The molecule has 0 saturated heterocycles. The minimum Gasteiger partial charge on any atom is -0.303 e. The molecule has 0 amide bonds. The van der Waals surface area contributed by atoms with Crippen LogP contribution in [0.2, 0.25) is 0 Å². The smallest absolute Gasteiger partial charge is 0.127 e. The molecule has 1 fully saturated rings. The Hall–Kier alpha value is -1.22. The van der Waals surface area contributed by atoms with E-state index in [2.05, 4.69) is 4.90 Å². The zero-order valence-corrected chi connectivity index (χ0v) is 12.3. The quantitative estimate of drug-likeness (QED) is 0.603. The fraction of sp³-hybridized carbons (Fsp3) is 0.588. The highest BCUT2D eigenvalue weighted by molar-refractivity contribution is 5.59. The number of carbonyl (C=O) groups is 1. The Balaban J connectivity index is 2.00. The molecule has 110 valence electrons. The molecule has 0 N–H and O–H groups in total. The lowest BCUT2D eigenvalue weighted by Gasteiger charge is -2.31. The molecule has 2 nitrogen and oxygen atoms in total. The predicted octanol–water partition coefficient (Wildman–Crippen LogP) is 3.80. The number of aldehydes is 1. The number of rotatable bonds is 5. The van der Waals surface area contributed by atoms with Crippen molar-refractivity contribution < 1.29 is 9.18 Å². The van der Waals surface area contributed by atoms with E-state index in [0.29, 0.717) is 12.1 Å². The first-order chi connectivity index (χ1) is 9.65. The Morgan fingerprint density at radius 1 is 1.20 bits per heavy atom. The van der Waals surface area contributed by atoms with E-state index in [1.165, 1.54) is 18.9 Å². The zero-order chi connectivity index (χ0) is 14.4. The van der Waals surface area contributed by atoms with Gasteiger partial charge in [-0.1, -0.05) is 43.9 Å². The summed E-state index contributed by atoms with van der Waals surface area (Å²) in [6.07, 6.45) is 7.81. The number of nitrogens with zero attached hydrogens (tertiary/aromatic N) is 1. The van der Waals surface area contributed by atoms with Crippen LogP contribution in [0.25, 0.3) is 0 Å². The first-order valence-corrected chi connectivity index (χ1v) is 7.53. The van der Waals surface area contributed by atoms with Gasteiger partial charge in [-0.25, -0.2) is 4.39 Å². The lowest BCUT2D eigenvalue weighted by atomic mass is 9.81. The van der Waals surface area contributed by atoms with Crippen LogP contribution in [0.3, 0.4) is 0 Å². The van der Waals surface area contributed by atoms with Crippen molar-refractivity contribution in [3.05, 3.63) is 35.6 Å². The van der Waals surface area contributed by atoms with E-state index < -0.39 is 0 Å². The average Bonchev–Trinajstić information content (AvgIpc) is 2.67. The molecule has 2 rings (SSSR count). The molecule has 1 aliphatic carbocycles. The number of benzene rings is 1. The van der Waals surface area contributed by atoms with Gasteiger partial charge in [-0.3, -0.25) is 0 Å². The molecule has 0 atom stereocenters. The van der Waals surface area contributed by atoms with Gasteiger partial charge in [0.2, 0.25) is 0 Å². The lowest BCUT2D eigenvalue weighted by molar-refractivity contribution is -0.118. The van der Waals surface area contributed by atoms with Gasteiger partial charge >= 0.3 is 0 Å². The maximum Gasteiger partial charge on any atom is 0.127 e. The summed E-state index contributed by atoms with van der Waals surface area (Å²) in [5, 5.41) is 0. The summed E-state index contributed by atoms with van der Waals surface area (Å²) in [5.41, 5.74) is 0.473. The molecule has 20 heavy (non-hydrogen) atoms. The Kier molecular flexibility index (Phi) is 5.30. The third kappa shape index (κ3) is 3.89. The van der Waals surface area contributed by atoms with Gasteiger partial charge in [-0.2, -0.15) is 0 Å². The highest BCUT2D eigenvalue weighted by Gasteiger charge is 2.31. The van der Waals surface area contributed by atoms with Crippen molar-refractivity contribution in [3.8, 4) is 0 Å². The van der Waals surface area contributed by atoms with Crippen molar-refractivity contribution in [2.24, 2.45) is 5.41 Å². The molecule has 0 heterocycles. The Morgan fingerprint density at radius 3 is 2.45 bits per heavy atom. The summed E-state index contributed by atoms with van der Waals surface area (Å²) in [5.74, 6) is -0.166. The molecule has 0 spiro atoms. The number of hydrogen-bond donors (Lipinski definition) is 0. The van der Waals surface area contributed by atoms with E-state index >= 15 is 0 Å². The summed E-state index contributed by atoms with van der Waals surface area (Å²) in [6, 6.07) is 6.86. The Morgan fingerprint density at radius 2 is 1.85 bits per heavy atom. The first kappa shape index (κ1) is 15.2. The molecule has 0 bridgehead atoms. The second kappa shape index (κ2) is 6.98. The summed E-state index contributed by atoms with van der Waals surface area (Å²) in [4.78, 5) is 13.7. The maximum absolute atomic E-state index is 13.7. The minimum atomic E-state index is -0.226. The fourth-order valence-corrected chi connectivity index (χ4v) is 3.26. The van der Waals surface area contributed by atoms with Crippen LogP contribution in [0.4, 0.5) is 4.39 Å². The third-order valence-corrected chi connectivity index (χ3v) is 4.33. The van der Waals surface area contributed by atoms with E-state index in [1.807, 2.05) is 19.2 Å². The molecule has 0 aliphatic heterocycles. The SMILES string of the molecule is CN(Cc1ccccc1F)CC1(C=O)CCCCCC1. The zero-order valence-electron chi connectivity index (χ0n) is 12.3. The summed E-state index contributed by atoms with van der Waals surface area (Å²) >= 11 is 0. The van der Waals surface area contributed by atoms with Crippen LogP contribution in [0.15, 0.2) is 24.3 Å². The van der Waals surface area contributed by atoms with E-state index in [9.17, 15) is 9.18 Å². The van der Waals surface area contributed by atoms with Crippen LogP contribution in [0.5, 0.6) is 0 Å². The highest BCUT2D eigenvalue weighted by atomic mass is 19.1. The molecule has 1 aliphatic rings. The van der Waals surface area contributed by atoms with E-state index in [1.54, 1.807) is 6.07 Å². The Bertz CT molecular complexity index is 438. The van der Waals surface area contributed by atoms with Gasteiger partial charge in [0.1, 0.15) is 12.1 Å². The first-order valence-electron chi connectivity index (χ1n) is 7.53. The predicted molar refractivity (Wildman–Crippen MR) is 78.9 cm³/mol. The monoisotopic (exact) mass is 277 g/mol. The molecule has 0 aromatic heterocycles. The standard InChI is InChI=1S/C17H24FNO/c1-19(12-15-8-4-5-9-16(15)18)13-17(14-20)10-6-2-3-7-11-17/h4-5,8-9,14H,2-3,6-7,10-13H2,1H3. The molecule has 0 radical (unpaired) electrons. The molecule has 1 saturated carbocycles. The van der Waals surface area contributed by atoms with Gasteiger partial charge < -0.3 is 9.69 Å². The number of halogens is 1. The van der Waals surface area contributed by atoms with Gasteiger partial charge in [0.15, 0.2) is 0 Å². The van der Waals surface area contributed by atoms with Gasteiger partial charge in [-0.15, -0.1) is 0 Å². The Labute approximate surface area is 121 Å². The molecular weight excluding hydrogens is 253 g/mol. The largest absolute Gasteiger partial charge is 0.303 e. The van der Waals surface area contributed by atoms with Gasteiger partial charge in [0, 0.05) is 24.1 Å². The average molecular weight is 277 g/mol. The van der Waals surface area contributed by atoms with Crippen LogP contribution in [0, 0.1) is 11.2 Å². The van der Waals surface area contributed by atoms with Gasteiger partial charge in [0.25, 0.3) is 0 Å². The van der Waals surface area contributed by atoms with Crippen LogP contribution >= 0.6 is 0 Å². The second-order valence-corrected chi connectivity index (χ2v) is 6.16. The minimum absolute atomic E-state index is 0.166. The van der Waals surface area contributed by atoms with Crippen LogP contribution in [-0.2, 0) is 11.3 Å². The maximum atomic E-state index is 13.7. The van der Waals surface area contributed by atoms with E-state index in [0.717, 1.165) is 38.5 Å². The summed E-state index contributed by atoms with van der Waals surface area (Å²) in [6.45, 7) is 1.28. The number of carbonyl (C=O) groups excluding carboxylic acids is 1. The van der Waals surface area contributed by atoms with Crippen molar-refractivity contribution in [1.29, 1.82) is 0 Å². The van der Waals surface area contributed by atoms with Crippen molar-refractivity contribution >= 4 is 6.29 Å². The second-order valence-electron chi connectivity index (χ2n) is 6.16. The molecule has 1 aromatic rings. The van der Waals surface area contributed by atoms with Crippen molar-refractivity contribution in [3.63, 3.8) is 0 Å². The molecule has 0 unspecified atom stereocenters. The third-order valence-electron chi connectivity index (χ3n) is 4.33. The topological polar surface area (TPSA) is 20.3 Å². The number of hydrogen-bond acceptors (Lipinski definition) is 2. The van der Waals surface area contributed by atoms with Gasteiger partial charge in [0.05, 0.1) is 0 Å². The molecule has 3 heteroatoms. The normalized spacial score (nSPS) is 18.8. The summed E-state index contributed by atoms with van der Waals surface area (Å²) < 4.78 is 13.7. The van der Waals surface area contributed by atoms with Crippen LogP contribution < -0.4 is 0 Å². The lowest BCUT2D eigenvalue weighted by Crippen LogP contribution is -2.36. The fourth-order valence-electron chi connectivity index (χ4n) is 3.26. The van der Waals surface area contributed by atoms with Crippen LogP contribution in [-0.4, -0.2) is 24.8 Å². The van der Waals surface area contributed by atoms with Gasteiger partial charge in [-0.05, 0) is 26.0 Å².